The monoisotopic (exact) mass is 417 g/mol. The van der Waals surface area contributed by atoms with E-state index in [0.717, 1.165) is 46.7 Å². The summed E-state index contributed by atoms with van der Waals surface area (Å²) in [5, 5.41) is 6.26. The number of aryl methyl sites for hydroxylation is 1. The second-order valence-electron chi connectivity index (χ2n) is 7.09. The van der Waals surface area contributed by atoms with Crippen molar-refractivity contribution >= 4 is 33.3 Å². The topological polar surface area (TPSA) is 73.3 Å². The number of amides is 1. The first-order chi connectivity index (χ1) is 14.6. The standard InChI is InChI=1S/C23H19N3O3S/c1-13-18(11-16-10-17(28-2)4-5-19(16)24-13)22(27)26-23-25-20(12-30-23)14-3-6-21-15(9-14)7-8-29-21/h3-6,9-12H,7-8H2,1-2H3,(H,25,26,27). The van der Waals surface area contributed by atoms with E-state index in [2.05, 4.69) is 21.4 Å². The highest BCUT2D eigenvalue weighted by Crippen LogP contribution is 2.32. The number of anilines is 1. The predicted octanol–water partition coefficient (Wildman–Crippen LogP) is 4.86. The summed E-state index contributed by atoms with van der Waals surface area (Å²) in [6.07, 6.45) is 0.913. The third kappa shape index (κ3) is 3.37. The Morgan fingerprint density at radius 2 is 2.07 bits per heavy atom. The van der Waals surface area contributed by atoms with Crippen LogP contribution < -0.4 is 14.8 Å². The molecule has 0 unspecified atom stereocenters. The molecule has 0 saturated heterocycles. The predicted molar refractivity (Wildman–Crippen MR) is 118 cm³/mol. The average molecular weight is 417 g/mol. The molecule has 3 heterocycles. The number of methoxy groups -OCH3 is 1. The summed E-state index contributed by atoms with van der Waals surface area (Å²) >= 11 is 1.40. The van der Waals surface area contributed by atoms with Gasteiger partial charge in [0.15, 0.2) is 5.13 Å². The van der Waals surface area contributed by atoms with Gasteiger partial charge < -0.3 is 9.47 Å². The lowest BCUT2D eigenvalue weighted by molar-refractivity contribution is 0.102. The quantitative estimate of drug-likeness (QED) is 0.513. The molecule has 0 bridgehead atoms. The van der Waals surface area contributed by atoms with Gasteiger partial charge in [0.05, 0.1) is 36.2 Å². The summed E-state index contributed by atoms with van der Waals surface area (Å²) < 4.78 is 10.8. The lowest BCUT2D eigenvalue weighted by atomic mass is 10.1. The molecule has 0 spiro atoms. The van der Waals surface area contributed by atoms with Gasteiger partial charge in [-0.1, -0.05) is 0 Å². The first kappa shape index (κ1) is 18.6. The molecule has 6 nitrogen and oxygen atoms in total. The van der Waals surface area contributed by atoms with Crippen LogP contribution in [-0.2, 0) is 6.42 Å². The Hall–Kier alpha value is -3.45. The van der Waals surface area contributed by atoms with E-state index < -0.39 is 0 Å². The lowest BCUT2D eigenvalue weighted by Crippen LogP contribution is -2.14. The van der Waals surface area contributed by atoms with Gasteiger partial charge in [-0.05, 0) is 55.0 Å². The number of benzene rings is 2. The van der Waals surface area contributed by atoms with Crippen LogP contribution >= 0.6 is 11.3 Å². The van der Waals surface area contributed by atoms with Crippen molar-refractivity contribution in [2.75, 3.05) is 19.0 Å². The molecule has 0 radical (unpaired) electrons. The van der Waals surface area contributed by atoms with Crippen molar-refractivity contribution in [2.24, 2.45) is 0 Å². The fraction of sp³-hybridized carbons (Fsp3) is 0.174. The molecule has 0 saturated carbocycles. The first-order valence-corrected chi connectivity index (χ1v) is 10.5. The van der Waals surface area contributed by atoms with Crippen LogP contribution in [0.15, 0.2) is 47.8 Å². The highest BCUT2D eigenvalue weighted by atomic mass is 32.1. The maximum Gasteiger partial charge on any atom is 0.259 e. The van der Waals surface area contributed by atoms with Crippen molar-refractivity contribution in [2.45, 2.75) is 13.3 Å². The summed E-state index contributed by atoms with van der Waals surface area (Å²) in [6.45, 7) is 2.56. The van der Waals surface area contributed by atoms with Crippen LogP contribution in [0, 0.1) is 6.92 Å². The number of ether oxygens (including phenoxy) is 2. The smallest absolute Gasteiger partial charge is 0.259 e. The number of rotatable bonds is 4. The van der Waals surface area contributed by atoms with Gasteiger partial charge in [-0.15, -0.1) is 11.3 Å². The Morgan fingerprint density at radius 1 is 1.17 bits per heavy atom. The van der Waals surface area contributed by atoms with Crippen molar-refractivity contribution in [1.82, 2.24) is 9.97 Å². The third-order valence-corrected chi connectivity index (χ3v) is 5.92. The number of aromatic nitrogens is 2. The number of nitrogens with one attached hydrogen (secondary N) is 1. The van der Waals surface area contributed by atoms with E-state index in [1.165, 1.54) is 16.9 Å². The molecule has 1 amide bonds. The number of nitrogens with zero attached hydrogens (tertiary/aromatic N) is 2. The Bertz CT molecular complexity index is 1280. The molecule has 1 aliphatic heterocycles. The van der Waals surface area contributed by atoms with Gasteiger partial charge in [0.1, 0.15) is 11.5 Å². The second kappa shape index (κ2) is 7.42. The highest BCUT2D eigenvalue weighted by Gasteiger charge is 2.16. The SMILES string of the molecule is COc1ccc2nc(C)c(C(=O)Nc3nc(-c4ccc5c(c4)CCO5)cs3)cc2c1. The maximum absolute atomic E-state index is 12.9. The minimum absolute atomic E-state index is 0.229. The largest absolute Gasteiger partial charge is 0.497 e. The van der Waals surface area contributed by atoms with E-state index >= 15 is 0 Å². The van der Waals surface area contributed by atoms with Crippen molar-refractivity contribution in [3.63, 3.8) is 0 Å². The normalized spacial score (nSPS) is 12.5. The van der Waals surface area contributed by atoms with Gasteiger partial charge in [-0.3, -0.25) is 15.1 Å². The number of carbonyl (C=O) groups excluding carboxylic acids is 1. The highest BCUT2D eigenvalue weighted by molar-refractivity contribution is 7.14. The third-order valence-electron chi connectivity index (χ3n) is 5.17. The van der Waals surface area contributed by atoms with Crippen molar-refractivity contribution in [3.8, 4) is 22.8 Å². The van der Waals surface area contributed by atoms with Crippen LogP contribution in [0.3, 0.4) is 0 Å². The van der Waals surface area contributed by atoms with Crippen LogP contribution in [0.4, 0.5) is 5.13 Å². The zero-order chi connectivity index (χ0) is 20.7. The molecule has 0 aliphatic carbocycles. The molecule has 150 valence electrons. The molecule has 2 aromatic carbocycles. The number of hydrogen-bond acceptors (Lipinski definition) is 6. The minimum Gasteiger partial charge on any atom is -0.497 e. The summed E-state index contributed by atoms with van der Waals surface area (Å²) in [7, 11) is 1.62. The molecular formula is C23H19N3O3S. The lowest BCUT2D eigenvalue weighted by Gasteiger charge is -2.08. The van der Waals surface area contributed by atoms with Gasteiger partial charge in [0, 0.05) is 22.8 Å². The van der Waals surface area contributed by atoms with E-state index in [4.69, 9.17) is 9.47 Å². The summed E-state index contributed by atoms with van der Waals surface area (Å²) in [6, 6.07) is 13.5. The molecule has 5 rings (SSSR count). The Kier molecular flexibility index (Phi) is 4.59. The molecule has 1 aliphatic rings. The van der Waals surface area contributed by atoms with Crippen molar-refractivity contribution < 1.29 is 14.3 Å². The fourth-order valence-corrected chi connectivity index (χ4v) is 4.30. The Labute approximate surface area is 177 Å². The molecule has 4 aromatic rings. The van der Waals surface area contributed by atoms with Gasteiger partial charge in [0.25, 0.3) is 5.91 Å². The summed E-state index contributed by atoms with van der Waals surface area (Å²) in [4.78, 5) is 22.1. The second-order valence-corrected chi connectivity index (χ2v) is 7.95. The van der Waals surface area contributed by atoms with Crippen LogP contribution in [0.5, 0.6) is 11.5 Å². The summed E-state index contributed by atoms with van der Waals surface area (Å²) in [5.41, 5.74) is 5.05. The van der Waals surface area contributed by atoms with Gasteiger partial charge in [0.2, 0.25) is 0 Å². The maximum atomic E-state index is 12.9. The number of hydrogen-bond donors (Lipinski definition) is 1. The molecule has 2 aromatic heterocycles. The van der Waals surface area contributed by atoms with E-state index in [-0.39, 0.29) is 5.91 Å². The van der Waals surface area contributed by atoms with E-state index in [0.29, 0.717) is 16.4 Å². The van der Waals surface area contributed by atoms with Crippen molar-refractivity contribution in [1.29, 1.82) is 0 Å². The van der Waals surface area contributed by atoms with Crippen molar-refractivity contribution in [3.05, 3.63) is 64.7 Å². The molecule has 7 heteroatoms. The van der Waals surface area contributed by atoms with E-state index in [1.54, 1.807) is 7.11 Å². The summed E-state index contributed by atoms with van der Waals surface area (Å²) in [5.74, 6) is 1.44. The molecular weight excluding hydrogens is 398 g/mol. The Morgan fingerprint density at radius 3 is 2.93 bits per heavy atom. The van der Waals surface area contributed by atoms with Gasteiger partial charge in [-0.25, -0.2) is 4.98 Å². The van der Waals surface area contributed by atoms with Gasteiger partial charge in [-0.2, -0.15) is 0 Å². The molecule has 30 heavy (non-hydrogen) atoms. The molecule has 0 fully saturated rings. The number of thiazole rings is 1. The number of carbonyl (C=O) groups is 1. The zero-order valence-corrected chi connectivity index (χ0v) is 17.4. The molecule has 0 atom stereocenters. The first-order valence-electron chi connectivity index (χ1n) is 9.59. The van der Waals surface area contributed by atoms with Crippen LogP contribution in [0.2, 0.25) is 0 Å². The average Bonchev–Trinajstić information content (AvgIpc) is 3.41. The Balaban J connectivity index is 1.40. The zero-order valence-electron chi connectivity index (χ0n) is 16.6. The minimum atomic E-state index is -0.229. The van der Waals surface area contributed by atoms with E-state index in [9.17, 15) is 4.79 Å². The van der Waals surface area contributed by atoms with Crippen LogP contribution in [0.1, 0.15) is 21.6 Å². The van der Waals surface area contributed by atoms with Crippen LogP contribution in [-0.4, -0.2) is 29.6 Å². The van der Waals surface area contributed by atoms with Gasteiger partial charge >= 0.3 is 0 Å². The van der Waals surface area contributed by atoms with E-state index in [1.807, 2.05) is 48.7 Å². The number of pyridine rings is 1. The van der Waals surface area contributed by atoms with Crippen LogP contribution in [0.25, 0.3) is 22.2 Å². The fourth-order valence-electron chi connectivity index (χ4n) is 3.58. The number of fused-ring (bicyclic) bond motifs is 2. The molecule has 1 N–H and O–H groups in total.